The molecular formula is C18H20O9. The van der Waals surface area contributed by atoms with E-state index in [0.29, 0.717) is 16.7 Å². The summed E-state index contributed by atoms with van der Waals surface area (Å²) in [4.78, 5) is 11.5. The van der Waals surface area contributed by atoms with E-state index in [2.05, 4.69) is 0 Å². The lowest BCUT2D eigenvalue weighted by atomic mass is 10.0. The van der Waals surface area contributed by atoms with Crippen LogP contribution in [0.25, 0.3) is 11.0 Å². The van der Waals surface area contributed by atoms with E-state index in [4.69, 9.17) is 28.1 Å². The van der Waals surface area contributed by atoms with Crippen LogP contribution in [0.1, 0.15) is 0 Å². The number of aliphatic hydroxyl groups is 2. The van der Waals surface area contributed by atoms with E-state index in [1.165, 1.54) is 33.5 Å². The smallest absolute Gasteiger partial charge is 0.336 e. The molecule has 1 aliphatic heterocycles. The Labute approximate surface area is 154 Å². The van der Waals surface area contributed by atoms with Gasteiger partial charge in [0.2, 0.25) is 6.29 Å². The van der Waals surface area contributed by atoms with Gasteiger partial charge in [-0.15, -0.1) is 0 Å². The molecule has 9 nitrogen and oxygen atoms in total. The minimum Gasteiger partial charge on any atom is -0.493 e. The predicted octanol–water partition coefficient (Wildman–Crippen LogP) is 0.0409. The Kier molecular flexibility index (Phi) is 4.36. The molecule has 2 aromatic rings. The van der Waals surface area contributed by atoms with Gasteiger partial charge in [-0.1, -0.05) is 0 Å². The molecule has 1 aromatic carbocycles. The molecule has 1 saturated heterocycles. The zero-order valence-electron chi connectivity index (χ0n) is 14.9. The average Bonchev–Trinajstić information content (AvgIpc) is 3.25. The second kappa shape index (κ2) is 6.47. The summed E-state index contributed by atoms with van der Waals surface area (Å²) in [5.74, 6) is 0.569. The van der Waals surface area contributed by atoms with Crippen LogP contribution in [0.2, 0.25) is 0 Å². The summed E-state index contributed by atoms with van der Waals surface area (Å²) in [6.07, 6.45) is -4.91. The molecule has 2 heterocycles. The van der Waals surface area contributed by atoms with Crippen LogP contribution in [-0.4, -0.2) is 67.8 Å². The van der Waals surface area contributed by atoms with E-state index < -0.39 is 41.9 Å². The Morgan fingerprint density at radius 1 is 1.11 bits per heavy atom. The number of aliphatic hydroxyl groups excluding tert-OH is 2. The van der Waals surface area contributed by atoms with Crippen molar-refractivity contribution < 1.29 is 38.3 Å². The summed E-state index contributed by atoms with van der Waals surface area (Å²) in [7, 11) is 4.29. The number of hydrogen-bond donors (Lipinski definition) is 2. The first kappa shape index (κ1) is 18.2. The minimum absolute atomic E-state index is 0.207. The predicted molar refractivity (Wildman–Crippen MR) is 90.9 cm³/mol. The minimum atomic E-state index is -1.24. The van der Waals surface area contributed by atoms with Crippen molar-refractivity contribution in [2.45, 2.75) is 36.3 Å². The number of ether oxygens (including phenoxy) is 5. The molecule has 9 heteroatoms. The molecule has 1 aliphatic carbocycles. The molecule has 2 N–H and O–H groups in total. The van der Waals surface area contributed by atoms with Gasteiger partial charge in [-0.2, -0.15) is 0 Å². The first-order valence-corrected chi connectivity index (χ1v) is 8.34. The van der Waals surface area contributed by atoms with E-state index in [1.54, 1.807) is 12.1 Å². The van der Waals surface area contributed by atoms with Crippen molar-refractivity contribution >= 4 is 11.0 Å². The molecule has 2 aliphatic rings. The summed E-state index contributed by atoms with van der Waals surface area (Å²) < 4.78 is 32.7. The first-order valence-electron chi connectivity index (χ1n) is 8.34. The van der Waals surface area contributed by atoms with Gasteiger partial charge in [-0.25, -0.2) is 4.79 Å². The number of hydrogen-bond acceptors (Lipinski definition) is 9. The summed E-state index contributed by atoms with van der Waals surface area (Å²) in [5, 5.41) is 21.5. The van der Waals surface area contributed by atoms with Gasteiger partial charge in [0, 0.05) is 31.7 Å². The lowest BCUT2D eigenvalue weighted by Gasteiger charge is -2.37. The fourth-order valence-electron chi connectivity index (χ4n) is 3.71. The molecule has 6 atom stereocenters. The van der Waals surface area contributed by atoms with Crippen LogP contribution in [0.3, 0.4) is 0 Å². The molecule has 2 fully saturated rings. The van der Waals surface area contributed by atoms with E-state index >= 15 is 0 Å². The molecule has 1 saturated carbocycles. The molecule has 1 aromatic heterocycles. The highest BCUT2D eigenvalue weighted by Gasteiger charge is 2.77. The van der Waals surface area contributed by atoms with Gasteiger partial charge in [0.15, 0.2) is 17.1 Å². The van der Waals surface area contributed by atoms with Gasteiger partial charge in [0.25, 0.3) is 0 Å². The van der Waals surface area contributed by atoms with Crippen molar-refractivity contribution in [2.75, 3.05) is 21.3 Å². The lowest BCUT2D eigenvalue weighted by Crippen LogP contribution is -2.57. The van der Waals surface area contributed by atoms with Gasteiger partial charge >= 0.3 is 5.63 Å². The first-order chi connectivity index (χ1) is 13.0. The van der Waals surface area contributed by atoms with E-state index in [0.717, 1.165) is 0 Å². The molecule has 4 rings (SSSR count). The van der Waals surface area contributed by atoms with Gasteiger partial charge in [0.1, 0.15) is 30.0 Å². The quantitative estimate of drug-likeness (QED) is 0.694. The third-order valence-electron chi connectivity index (χ3n) is 5.16. The van der Waals surface area contributed by atoms with Gasteiger partial charge < -0.3 is 38.3 Å². The Morgan fingerprint density at radius 2 is 1.89 bits per heavy atom. The monoisotopic (exact) mass is 380 g/mol. The highest BCUT2D eigenvalue weighted by Crippen LogP contribution is 2.52. The maximum atomic E-state index is 11.5. The van der Waals surface area contributed by atoms with Crippen molar-refractivity contribution in [3.8, 4) is 11.5 Å². The highest BCUT2D eigenvalue weighted by atomic mass is 16.7. The molecule has 146 valence electrons. The summed E-state index contributed by atoms with van der Waals surface area (Å²) in [5.41, 5.74) is -1.34. The van der Waals surface area contributed by atoms with Crippen molar-refractivity contribution in [1.29, 1.82) is 0 Å². The number of fused-ring (bicyclic) bond motifs is 2. The van der Waals surface area contributed by atoms with E-state index in [9.17, 15) is 15.0 Å². The van der Waals surface area contributed by atoms with Crippen molar-refractivity contribution in [3.05, 3.63) is 34.7 Å². The third kappa shape index (κ3) is 2.62. The van der Waals surface area contributed by atoms with Gasteiger partial charge in [-0.05, 0) is 12.1 Å². The Balaban J connectivity index is 1.67. The Hall–Kier alpha value is -2.17. The van der Waals surface area contributed by atoms with Gasteiger partial charge in [-0.3, -0.25) is 0 Å². The fourth-order valence-corrected chi connectivity index (χ4v) is 3.71. The van der Waals surface area contributed by atoms with Crippen LogP contribution in [-0.2, 0) is 14.2 Å². The second-order valence-electron chi connectivity index (χ2n) is 6.49. The molecule has 0 radical (unpaired) electrons. The summed E-state index contributed by atoms with van der Waals surface area (Å²) in [6.45, 7) is 0. The number of rotatable bonds is 5. The second-order valence-corrected chi connectivity index (χ2v) is 6.49. The van der Waals surface area contributed by atoms with E-state index in [1.807, 2.05) is 0 Å². The normalized spacial score (nSPS) is 34.9. The molecular weight excluding hydrogens is 360 g/mol. The largest absolute Gasteiger partial charge is 0.493 e. The zero-order valence-corrected chi connectivity index (χ0v) is 14.9. The third-order valence-corrected chi connectivity index (χ3v) is 5.16. The van der Waals surface area contributed by atoms with Crippen LogP contribution in [0.5, 0.6) is 11.5 Å². The molecule has 6 unspecified atom stereocenters. The molecule has 0 amide bonds. The lowest BCUT2D eigenvalue weighted by molar-refractivity contribution is -0.254. The molecule has 0 bridgehead atoms. The Morgan fingerprint density at radius 3 is 2.56 bits per heavy atom. The van der Waals surface area contributed by atoms with Crippen molar-refractivity contribution in [1.82, 2.24) is 0 Å². The van der Waals surface area contributed by atoms with Crippen LogP contribution in [0, 0.1) is 0 Å². The number of methoxy groups -OCH3 is 3. The van der Waals surface area contributed by atoms with E-state index in [-0.39, 0.29) is 5.75 Å². The summed E-state index contributed by atoms with van der Waals surface area (Å²) in [6, 6.07) is 6.03. The standard InChI is InChI=1S/C18H20O9/c1-22-10-6-8-4-5-12(19)25-9(8)7-11(10)26-17-13(20)15(23-2)18(24-3)14(21)16(18)27-17/h4-7,13-17,20-21H,1-3H3. The van der Waals surface area contributed by atoms with Crippen LogP contribution >= 0.6 is 0 Å². The summed E-state index contributed by atoms with van der Waals surface area (Å²) >= 11 is 0. The molecule has 27 heavy (non-hydrogen) atoms. The SMILES string of the molecule is COc1cc2ccc(=O)oc2cc1OC1OC2C(O)C2(OC)C(OC)C1O. The van der Waals surface area contributed by atoms with Gasteiger partial charge in [0.05, 0.1) is 7.11 Å². The molecule has 0 spiro atoms. The van der Waals surface area contributed by atoms with Crippen LogP contribution < -0.4 is 15.1 Å². The highest BCUT2D eigenvalue weighted by molar-refractivity contribution is 5.80. The van der Waals surface area contributed by atoms with Crippen LogP contribution in [0.15, 0.2) is 33.5 Å². The Bertz CT molecular complexity index is 909. The maximum Gasteiger partial charge on any atom is 0.336 e. The fraction of sp³-hybridized carbons (Fsp3) is 0.500. The van der Waals surface area contributed by atoms with Crippen molar-refractivity contribution in [3.63, 3.8) is 0 Å². The average molecular weight is 380 g/mol. The van der Waals surface area contributed by atoms with Crippen molar-refractivity contribution in [2.24, 2.45) is 0 Å². The number of benzene rings is 1. The van der Waals surface area contributed by atoms with Crippen LogP contribution in [0.4, 0.5) is 0 Å². The maximum absolute atomic E-state index is 11.5. The zero-order chi connectivity index (χ0) is 19.3. The topological polar surface area (TPSA) is 117 Å².